The summed E-state index contributed by atoms with van der Waals surface area (Å²) < 4.78 is 0. The molecule has 3 aromatic rings. The van der Waals surface area contributed by atoms with Crippen LogP contribution in [0.25, 0.3) is 0 Å². The monoisotopic (exact) mass is 420 g/mol. The third-order valence-corrected chi connectivity index (χ3v) is 5.55. The Morgan fingerprint density at radius 2 is 2.04 bits per heavy atom. The number of benzene rings is 2. The average Bonchev–Trinajstić information content (AvgIpc) is 3.10. The SMILES string of the molecule is Cl.O=C(Nc1nnc(Cc2ccccc2Cl)s1)c1ccc2c(c1)CCNC2. The molecule has 0 saturated carbocycles. The number of hydrogen-bond donors (Lipinski definition) is 2. The number of halogens is 2. The lowest BCUT2D eigenvalue weighted by atomic mass is 9.98. The summed E-state index contributed by atoms with van der Waals surface area (Å²) in [6.45, 7) is 1.80. The van der Waals surface area contributed by atoms with Crippen molar-refractivity contribution < 1.29 is 4.79 Å². The van der Waals surface area contributed by atoms with E-state index in [-0.39, 0.29) is 18.3 Å². The van der Waals surface area contributed by atoms with Crippen molar-refractivity contribution in [2.24, 2.45) is 0 Å². The summed E-state index contributed by atoms with van der Waals surface area (Å²) in [6, 6.07) is 13.5. The lowest BCUT2D eigenvalue weighted by Crippen LogP contribution is -2.24. The predicted octanol–water partition coefficient (Wildman–Crippen LogP) is 4.10. The maximum Gasteiger partial charge on any atom is 0.257 e. The molecule has 0 aliphatic carbocycles. The Bertz CT molecular complexity index is 960. The van der Waals surface area contributed by atoms with Crippen LogP contribution in [-0.2, 0) is 19.4 Å². The van der Waals surface area contributed by atoms with Crippen LogP contribution in [-0.4, -0.2) is 22.6 Å². The number of hydrogen-bond acceptors (Lipinski definition) is 5. The van der Waals surface area contributed by atoms with Crippen LogP contribution >= 0.6 is 35.3 Å². The predicted molar refractivity (Wildman–Crippen MR) is 111 cm³/mol. The zero-order valence-electron chi connectivity index (χ0n) is 14.4. The maximum absolute atomic E-state index is 12.5. The van der Waals surface area contributed by atoms with Crippen LogP contribution in [0.4, 0.5) is 5.13 Å². The smallest absolute Gasteiger partial charge is 0.257 e. The fourth-order valence-corrected chi connectivity index (χ4v) is 3.93. The molecule has 27 heavy (non-hydrogen) atoms. The van der Waals surface area contributed by atoms with Gasteiger partial charge in [0, 0.05) is 23.6 Å². The molecule has 2 heterocycles. The molecule has 1 aromatic heterocycles. The van der Waals surface area contributed by atoms with Crippen molar-refractivity contribution >= 4 is 46.4 Å². The van der Waals surface area contributed by atoms with E-state index in [2.05, 4.69) is 20.8 Å². The van der Waals surface area contributed by atoms with Gasteiger partial charge in [-0.25, -0.2) is 0 Å². The van der Waals surface area contributed by atoms with E-state index in [9.17, 15) is 4.79 Å². The number of anilines is 1. The van der Waals surface area contributed by atoms with Gasteiger partial charge in [-0.3, -0.25) is 10.1 Å². The number of carbonyl (C=O) groups is 1. The van der Waals surface area contributed by atoms with E-state index in [0.717, 1.165) is 30.1 Å². The molecule has 0 atom stereocenters. The van der Waals surface area contributed by atoms with E-state index in [1.807, 2.05) is 42.5 Å². The second-order valence-electron chi connectivity index (χ2n) is 6.13. The molecule has 1 aliphatic rings. The summed E-state index contributed by atoms with van der Waals surface area (Å²) in [5, 5.41) is 16.4. The van der Waals surface area contributed by atoms with E-state index in [1.165, 1.54) is 22.5 Å². The van der Waals surface area contributed by atoms with Gasteiger partial charge in [0.2, 0.25) is 5.13 Å². The first-order valence-corrected chi connectivity index (χ1v) is 9.58. The van der Waals surface area contributed by atoms with Crippen LogP contribution < -0.4 is 10.6 Å². The first-order chi connectivity index (χ1) is 12.7. The Hall–Kier alpha value is -1.99. The Morgan fingerprint density at radius 1 is 1.19 bits per heavy atom. The van der Waals surface area contributed by atoms with Gasteiger partial charge in [0.15, 0.2) is 0 Å². The van der Waals surface area contributed by atoms with Gasteiger partial charge >= 0.3 is 0 Å². The van der Waals surface area contributed by atoms with E-state index in [1.54, 1.807) is 0 Å². The van der Waals surface area contributed by atoms with Crippen LogP contribution in [0.5, 0.6) is 0 Å². The highest BCUT2D eigenvalue weighted by atomic mass is 35.5. The van der Waals surface area contributed by atoms with Gasteiger partial charge in [-0.15, -0.1) is 22.6 Å². The average molecular weight is 421 g/mol. The van der Waals surface area contributed by atoms with E-state index < -0.39 is 0 Å². The molecule has 0 unspecified atom stereocenters. The molecule has 1 amide bonds. The summed E-state index contributed by atoms with van der Waals surface area (Å²) in [7, 11) is 0. The Balaban J connectivity index is 0.00000210. The quantitative estimate of drug-likeness (QED) is 0.666. The molecule has 0 radical (unpaired) electrons. The molecule has 2 aromatic carbocycles. The van der Waals surface area contributed by atoms with Gasteiger partial charge in [-0.1, -0.05) is 47.2 Å². The number of amides is 1. The highest BCUT2D eigenvalue weighted by Crippen LogP contribution is 2.23. The van der Waals surface area contributed by atoms with Gasteiger partial charge in [0.05, 0.1) is 0 Å². The summed E-state index contributed by atoms with van der Waals surface area (Å²) in [5.41, 5.74) is 4.12. The minimum Gasteiger partial charge on any atom is -0.312 e. The second kappa shape index (κ2) is 8.80. The van der Waals surface area contributed by atoms with Crippen LogP contribution in [0.1, 0.15) is 32.1 Å². The number of nitrogens with zero attached hydrogens (tertiary/aromatic N) is 2. The van der Waals surface area contributed by atoms with Gasteiger partial charge in [0.25, 0.3) is 5.91 Å². The summed E-state index contributed by atoms with van der Waals surface area (Å²) in [5.74, 6) is -0.160. The molecule has 5 nitrogen and oxygen atoms in total. The minimum absolute atomic E-state index is 0. The first kappa shape index (κ1) is 19.8. The van der Waals surface area contributed by atoms with Crippen LogP contribution in [0, 0.1) is 0 Å². The molecule has 0 fully saturated rings. The molecule has 140 valence electrons. The zero-order valence-corrected chi connectivity index (χ0v) is 16.8. The topological polar surface area (TPSA) is 66.9 Å². The minimum atomic E-state index is -0.160. The van der Waals surface area contributed by atoms with Crippen molar-refractivity contribution in [1.82, 2.24) is 15.5 Å². The van der Waals surface area contributed by atoms with Crippen molar-refractivity contribution in [2.75, 3.05) is 11.9 Å². The molecule has 2 N–H and O–H groups in total. The normalized spacial score (nSPS) is 12.8. The second-order valence-corrected chi connectivity index (χ2v) is 7.60. The number of rotatable bonds is 4. The highest BCUT2D eigenvalue weighted by molar-refractivity contribution is 7.15. The van der Waals surface area contributed by atoms with E-state index in [4.69, 9.17) is 11.6 Å². The van der Waals surface area contributed by atoms with Gasteiger partial charge in [-0.05, 0) is 47.9 Å². The van der Waals surface area contributed by atoms with Gasteiger partial charge in [-0.2, -0.15) is 0 Å². The Kier molecular flexibility index (Phi) is 6.44. The molecule has 1 aliphatic heterocycles. The maximum atomic E-state index is 12.5. The molecule has 0 saturated heterocycles. The van der Waals surface area contributed by atoms with Crippen molar-refractivity contribution in [1.29, 1.82) is 0 Å². The summed E-state index contributed by atoms with van der Waals surface area (Å²) >= 11 is 7.55. The molecular weight excluding hydrogens is 403 g/mol. The van der Waals surface area contributed by atoms with E-state index in [0.29, 0.717) is 22.1 Å². The Morgan fingerprint density at radius 3 is 2.89 bits per heavy atom. The third kappa shape index (κ3) is 4.65. The van der Waals surface area contributed by atoms with Gasteiger partial charge < -0.3 is 5.32 Å². The fourth-order valence-electron chi connectivity index (χ4n) is 2.97. The lowest BCUT2D eigenvalue weighted by Gasteiger charge is -2.17. The largest absolute Gasteiger partial charge is 0.312 e. The van der Waals surface area contributed by atoms with Crippen molar-refractivity contribution in [3.63, 3.8) is 0 Å². The number of carbonyl (C=O) groups excluding carboxylic acids is 1. The van der Waals surface area contributed by atoms with Crippen LogP contribution in [0.3, 0.4) is 0 Å². The van der Waals surface area contributed by atoms with Gasteiger partial charge in [0.1, 0.15) is 5.01 Å². The molecule has 8 heteroatoms. The highest BCUT2D eigenvalue weighted by Gasteiger charge is 2.14. The zero-order chi connectivity index (χ0) is 17.9. The summed E-state index contributed by atoms with van der Waals surface area (Å²) in [6.07, 6.45) is 1.54. The van der Waals surface area contributed by atoms with Crippen LogP contribution in [0.2, 0.25) is 5.02 Å². The third-order valence-electron chi connectivity index (χ3n) is 4.34. The fraction of sp³-hybridized carbons (Fsp3) is 0.211. The van der Waals surface area contributed by atoms with Crippen molar-refractivity contribution in [3.05, 3.63) is 74.7 Å². The van der Waals surface area contributed by atoms with Crippen molar-refractivity contribution in [2.45, 2.75) is 19.4 Å². The van der Waals surface area contributed by atoms with E-state index >= 15 is 0 Å². The standard InChI is InChI=1S/C19H17ClN4OS.ClH/c20-16-4-2-1-3-13(16)10-17-23-24-19(26-17)22-18(25)14-5-6-15-11-21-8-7-12(15)9-14;/h1-6,9,21H,7-8,10-11H2,(H,22,24,25);1H. The first-order valence-electron chi connectivity index (χ1n) is 8.39. The Labute approximate surface area is 172 Å². The summed E-state index contributed by atoms with van der Waals surface area (Å²) in [4.78, 5) is 12.5. The molecule has 0 spiro atoms. The molecule has 4 rings (SSSR count). The number of nitrogens with one attached hydrogen (secondary N) is 2. The number of fused-ring (bicyclic) bond motifs is 1. The molecule has 0 bridgehead atoms. The molecular formula is C19H18Cl2N4OS. The van der Waals surface area contributed by atoms with Crippen molar-refractivity contribution in [3.8, 4) is 0 Å². The lowest BCUT2D eigenvalue weighted by molar-refractivity contribution is 0.102. The van der Waals surface area contributed by atoms with Crippen LogP contribution in [0.15, 0.2) is 42.5 Å². The number of aromatic nitrogens is 2.